The molecule has 1 atom stereocenters. The molecule has 2 rings (SSSR count). The Bertz CT molecular complexity index is 894. The third kappa shape index (κ3) is 4.61. The summed E-state index contributed by atoms with van der Waals surface area (Å²) in [6.07, 6.45) is 3.77. The van der Waals surface area contributed by atoms with Crippen LogP contribution < -0.4 is 5.32 Å². The van der Waals surface area contributed by atoms with Crippen molar-refractivity contribution in [3.63, 3.8) is 0 Å². The molecule has 0 aromatic carbocycles. The molecule has 1 fully saturated rings. The summed E-state index contributed by atoms with van der Waals surface area (Å²) < 4.78 is 7.19. The molecule has 1 N–H and O–H groups in total. The number of nitrogens with one attached hydrogen (secondary N) is 1. The van der Waals surface area contributed by atoms with Gasteiger partial charge in [0.05, 0.1) is 6.07 Å². The second-order valence-corrected chi connectivity index (χ2v) is 7.69. The number of aromatic nitrogens is 1. The van der Waals surface area contributed by atoms with Gasteiger partial charge in [-0.25, -0.2) is 4.79 Å². The Morgan fingerprint density at radius 2 is 2.04 bits per heavy atom. The zero-order chi connectivity index (χ0) is 21.1. The summed E-state index contributed by atoms with van der Waals surface area (Å²) in [6.45, 7) is 8.63. The number of nitrogens with zero attached hydrogens (tertiary/aromatic N) is 3. The summed E-state index contributed by atoms with van der Waals surface area (Å²) in [6, 6.07) is 6.33. The van der Waals surface area contributed by atoms with Crippen molar-refractivity contribution in [2.24, 2.45) is 5.92 Å². The zero-order valence-corrected chi connectivity index (χ0v) is 17.0. The second-order valence-electron chi connectivity index (χ2n) is 7.69. The van der Waals surface area contributed by atoms with Gasteiger partial charge in [-0.2, -0.15) is 10.5 Å². The molecule has 0 unspecified atom stereocenters. The number of hydrogen-bond acceptors (Lipinski definition) is 5. The highest BCUT2D eigenvalue weighted by atomic mass is 16.5. The predicted molar refractivity (Wildman–Crippen MR) is 104 cm³/mol. The SMILES string of the molecule is Cc1cc(/C=C(\C#N)C(=O)OCC(=O)N[C@](C)(C#N)C(C)C)c(C)n1C1CC1. The number of ether oxygens (including phenoxy) is 1. The minimum absolute atomic E-state index is 0.117. The molecule has 1 heterocycles. The van der Waals surface area contributed by atoms with Gasteiger partial charge < -0.3 is 14.6 Å². The molecule has 0 saturated heterocycles. The molecule has 28 heavy (non-hydrogen) atoms. The van der Waals surface area contributed by atoms with Gasteiger partial charge in [0.2, 0.25) is 0 Å². The van der Waals surface area contributed by atoms with E-state index in [-0.39, 0.29) is 11.5 Å². The molecule has 148 valence electrons. The standard InChI is InChI=1S/C21H26N4O3/c1-13(2)21(5,12-23)24-19(26)11-28-20(27)17(10-22)9-16-8-14(3)25(15(16)4)18-6-7-18/h8-9,13,18H,6-7,11H2,1-5H3,(H,24,26)/b17-9+/t21-/m1/s1. The summed E-state index contributed by atoms with van der Waals surface area (Å²) >= 11 is 0. The molecule has 0 spiro atoms. The van der Waals surface area contributed by atoms with Crippen LogP contribution in [0.25, 0.3) is 6.08 Å². The molecular formula is C21H26N4O3. The fourth-order valence-corrected chi connectivity index (χ4v) is 2.97. The number of carbonyl (C=O) groups excluding carboxylic acids is 2. The van der Waals surface area contributed by atoms with Crippen LogP contribution in [0.2, 0.25) is 0 Å². The van der Waals surface area contributed by atoms with Crippen molar-refractivity contribution in [1.29, 1.82) is 10.5 Å². The molecule has 1 aliphatic carbocycles. The summed E-state index contributed by atoms with van der Waals surface area (Å²) in [5.41, 5.74) is 1.65. The van der Waals surface area contributed by atoms with Crippen LogP contribution in [0.15, 0.2) is 11.6 Å². The molecule has 1 aliphatic rings. The van der Waals surface area contributed by atoms with E-state index in [1.165, 1.54) is 6.08 Å². The Labute approximate surface area is 165 Å². The summed E-state index contributed by atoms with van der Waals surface area (Å²) in [5, 5.41) is 21.1. The van der Waals surface area contributed by atoms with Crippen molar-refractivity contribution in [1.82, 2.24) is 9.88 Å². The maximum absolute atomic E-state index is 12.2. The molecular weight excluding hydrogens is 356 g/mol. The van der Waals surface area contributed by atoms with E-state index < -0.39 is 24.0 Å². The van der Waals surface area contributed by atoms with Gasteiger partial charge in [-0.15, -0.1) is 0 Å². The first-order valence-electron chi connectivity index (χ1n) is 9.32. The molecule has 1 aromatic heterocycles. The number of aryl methyl sites for hydroxylation is 1. The lowest BCUT2D eigenvalue weighted by Crippen LogP contribution is -2.50. The normalized spacial score (nSPS) is 16.1. The molecule has 0 aliphatic heterocycles. The number of nitriles is 2. The van der Waals surface area contributed by atoms with Gasteiger partial charge in [0.1, 0.15) is 17.2 Å². The van der Waals surface area contributed by atoms with Gasteiger partial charge in [-0.1, -0.05) is 13.8 Å². The fourth-order valence-electron chi connectivity index (χ4n) is 2.97. The van der Waals surface area contributed by atoms with Crippen molar-refractivity contribution in [2.75, 3.05) is 6.61 Å². The van der Waals surface area contributed by atoms with E-state index in [4.69, 9.17) is 4.74 Å². The monoisotopic (exact) mass is 382 g/mol. The van der Waals surface area contributed by atoms with Crippen LogP contribution in [-0.4, -0.2) is 28.6 Å². The first-order chi connectivity index (χ1) is 13.1. The van der Waals surface area contributed by atoms with Crippen LogP contribution in [0.3, 0.4) is 0 Å². The lowest BCUT2D eigenvalue weighted by molar-refractivity contribution is -0.144. The molecule has 7 heteroatoms. The average molecular weight is 382 g/mol. The van der Waals surface area contributed by atoms with E-state index in [1.807, 2.05) is 39.8 Å². The molecule has 7 nitrogen and oxygen atoms in total. The van der Waals surface area contributed by atoms with E-state index in [9.17, 15) is 20.1 Å². The first kappa shape index (κ1) is 21.2. The summed E-state index contributed by atoms with van der Waals surface area (Å²) in [4.78, 5) is 24.3. The Hall–Kier alpha value is -3.06. The lowest BCUT2D eigenvalue weighted by Gasteiger charge is -2.27. The van der Waals surface area contributed by atoms with E-state index in [2.05, 4.69) is 16.0 Å². The van der Waals surface area contributed by atoms with Crippen LogP contribution in [0.1, 0.15) is 56.6 Å². The van der Waals surface area contributed by atoms with Crippen molar-refractivity contribution in [2.45, 2.75) is 59.0 Å². The maximum atomic E-state index is 12.2. The third-order valence-corrected chi connectivity index (χ3v) is 5.20. The van der Waals surface area contributed by atoms with Crippen LogP contribution in [0.4, 0.5) is 0 Å². The fraction of sp³-hybridized carbons (Fsp3) is 0.524. The summed E-state index contributed by atoms with van der Waals surface area (Å²) in [7, 11) is 0. The quantitative estimate of drug-likeness (QED) is 0.443. The van der Waals surface area contributed by atoms with Crippen LogP contribution in [0, 0.1) is 42.4 Å². The Morgan fingerprint density at radius 1 is 1.39 bits per heavy atom. The maximum Gasteiger partial charge on any atom is 0.349 e. The number of esters is 1. The average Bonchev–Trinajstić information content (AvgIpc) is 3.43. The smallest absolute Gasteiger partial charge is 0.349 e. The van der Waals surface area contributed by atoms with E-state index in [0.29, 0.717) is 6.04 Å². The van der Waals surface area contributed by atoms with Gasteiger partial charge >= 0.3 is 5.97 Å². The Kier molecular flexibility index (Phi) is 6.30. The highest BCUT2D eigenvalue weighted by molar-refractivity contribution is 5.99. The van der Waals surface area contributed by atoms with E-state index >= 15 is 0 Å². The molecule has 0 bridgehead atoms. The number of carbonyl (C=O) groups is 2. The third-order valence-electron chi connectivity index (χ3n) is 5.20. The van der Waals surface area contributed by atoms with E-state index in [0.717, 1.165) is 29.8 Å². The largest absolute Gasteiger partial charge is 0.451 e. The number of amides is 1. The lowest BCUT2D eigenvalue weighted by atomic mass is 9.90. The molecule has 1 aromatic rings. The van der Waals surface area contributed by atoms with Crippen molar-refractivity contribution >= 4 is 18.0 Å². The minimum atomic E-state index is -1.06. The predicted octanol–water partition coefficient (Wildman–Crippen LogP) is 2.94. The molecule has 1 amide bonds. The van der Waals surface area contributed by atoms with Crippen LogP contribution in [0.5, 0.6) is 0 Å². The number of hydrogen-bond donors (Lipinski definition) is 1. The van der Waals surface area contributed by atoms with Crippen molar-refractivity contribution in [3.8, 4) is 12.1 Å². The number of rotatable bonds is 7. The second kappa shape index (κ2) is 8.31. The van der Waals surface area contributed by atoms with Gasteiger partial charge in [0, 0.05) is 17.4 Å². The molecule has 1 saturated carbocycles. The highest BCUT2D eigenvalue weighted by Gasteiger charge is 2.30. The van der Waals surface area contributed by atoms with Gasteiger partial charge in [0.25, 0.3) is 5.91 Å². The van der Waals surface area contributed by atoms with Gasteiger partial charge in [-0.05, 0) is 57.2 Å². The van der Waals surface area contributed by atoms with Gasteiger partial charge in [0.15, 0.2) is 6.61 Å². The van der Waals surface area contributed by atoms with Crippen LogP contribution in [-0.2, 0) is 14.3 Å². The highest BCUT2D eigenvalue weighted by Crippen LogP contribution is 2.38. The molecule has 0 radical (unpaired) electrons. The Balaban J connectivity index is 2.06. The van der Waals surface area contributed by atoms with Crippen molar-refractivity contribution < 1.29 is 14.3 Å². The van der Waals surface area contributed by atoms with E-state index in [1.54, 1.807) is 6.92 Å². The Morgan fingerprint density at radius 3 is 2.54 bits per heavy atom. The van der Waals surface area contributed by atoms with Crippen molar-refractivity contribution in [3.05, 3.63) is 28.6 Å². The topological polar surface area (TPSA) is 108 Å². The summed E-state index contributed by atoms with van der Waals surface area (Å²) in [5.74, 6) is -1.57. The zero-order valence-electron chi connectivity index (χ0n) is 17.0. The van der Waals surface area contributed by atoms with Gasteiger partial charge in [-0.3, -0.25) is 4.79 Å². The van der Waals surface area contributed by atoms with Crippen LogP contribution >= 0.6 is 0 Å². The minimum Gasteiger partial charge on any atom is -0.451 e. The first-order valence-corrected chi connectivity index (χ1v) is 9.32.